The number of hydrogen-bond donors (Lipinski definition) is 2. The van der Waals surface area contributed by atoms with Crippen LogP contribution in [0.3, 0.4) is 0 Å². The van der Waals surface area contributed by atoms with E-state index < -0.39 is 0 Å². The fourth-order valence-corrected chi connectivity index (χ4v) is 1.77. The fourth-order valence-electron chi connectivity index (χ4n) is 1.77. The number of amides is 1. The predicted molar refractivity (Wildman–Crippen MR) is 58.2 cm³/mol. The highest BCUT2D eigenvalue weighted by Crippen LogP contribution is 2.12. The van der Waals surface area contributed by atoms with Gasteiger partial charge in [-0.05, 0) is 17.7 Å². The molecule has 4 N–H and O–H groups in total. The molecule has 1 saturated heterocycles. The Balaban J connectivity index is 1.95. The average molecular weight is 205 g/mol. The van der Waals surface area contributed by atoms with Crippen LogP contribution in [0.15, 0.2) is 24.3 Å². The summed E-state index contributed by atoms with van der Waals surface area (Å²) >= 11 is 0. The van der Waals surface area contributed by atoms with Gasteiger partial charge < -0.3 is 11.5 Å². The Hall–Kier alpha value is -1.39. The molecule has 15 heavy (non-hydrogen) atoms. The molecular weight excluding hydrogens is 190 g/mol. The Kier molecular flexibility index (Phi) is 2.70. The van der Waals surface area contributed by atoms with Gasteiger partial charge in [0, 0.05) is 31.2 Å². The molecule has 2 rings (SSSR count). The molecular formula is C11H15N3O. The van der Waals surface area contributed by atoms with E-state index >= 15 is 0 Å². The van der Waals surface area contributed by atoms with Crippen molar-refractivity contribution in [3.05, 3.63) is 35.4 Å². The second-order valence-electron chi connectivity index (χ2n) is 4.02. The molecule has 0 radical (unpaired) electrons. The van der Waals surface area contributed by atoms with Crippen LogP contribution in [0.2, 0.25) is 0 Å². The van der Waals surface area contributed by atoms with Crippen LogP contribution in [0.1, 0.15) is 15.9 Å². The summed E-state index contributed by atoms with van der Waals surface area (Å²) in [4.78, 5) is 13.1. The third-order valence-electron chi connectivity index (χ3n) is 2.63. The minimum atomic E-state index is -0.382. The molecule has 0 aliphatic carbocycles. The molecule has 4 nitrogen and oxygen atoms in total. The summed E-state index contributed by atoms with van der Waals surface area (Å²) in [5, 5.41) is 0. The van der Waals surface area contributed by atoms with E-state index in [2.05, 4.69) is 4.90 Å². The summed E-state index contributed by atoms with van der Waals surface area (Å²) in [6.07, 6.45) is 0. The van der Waals surface area contributed by atoms with Crippen molar-refractivity contribution in [2.45, 2.75) is 12.6 Å². The number of carbonyl (C=O) groups is 1. The molecule has 1 heterocycles. The van der Waals surface area contributed by atoms with Crippen LogP contribution in [0.25, 0.3) is 0 Å². The summed E-state index contributed by atoms with van der Waals surface area (Å²) < 4.78 is 0. The molecule has 0 atom stereocenters. The lowest BCUT2D eigenvalue weighted by Gasteiger charge is -2.36. The van der Waals surface area contributed by atoms with E-state index in [1.54, 1.807) is 12.1 Å². The smallest absolute Gasteiger partial charge is 0.248 e. The van der Waals surface area contributed by atoms with Gasteiger partial charge in [0.1, 0.15) is 0 Å². The first kappa shape index (κ1) is 10.1. The number of primary amides is 1. The van der Waals surface area contributed by atoms with Gasteiger partial charge in [0.25, 0.3) is 0 Å². The van der Waals surface area contributed by atoms with E-state index in [1.165, 1.54) is 5.56 Å². The number of likely N-dealkylation sites (tertiary alicyclic amines) is 1. The van der Waals surface area contributed by atoms with Crippen molar-refractivity contribution >= 4 is 5.91 Å². The minimum absolute atomic E-state index is 0.329. The molecule has 0 saturated carbocycles. The number of rotatable bonds is 3. The maximum Gasteiger partial charge on any atom is 0.248 e. The number of hydrogen-bond acceptors (Lipinski definition) is 3. The molecule has 0 aromatic heterocycles. The summed E-state index contributed by atoms with van der Waals surface area (Å²) in [6, 6.07) is 7.72. The summed E-state index contributed by atoms with van der Waals surface area (Å²) in [5.41, 5.74) is 12.6. The SMILES string of the molecule is NC(=O)c1ccc(CN2CC(N)C2)cc1. The highest BCUT2D eigenvalue weighted by atomic mass is 16.1. The zero-order valence-corrected chi connectivity index (χ0v) is 8.52. The van der Waals surface area contributed by atoms with Crippen LogP contribution in [0.5, 0.6) is 0 Å². The lowest BCUT2D eigenvalue weighted by molar-refractivity contribution is 0.100. The summed E-state index contributed by atoms with van der Waals surface area (Å²) in [7, 11) is 0. The fraction of sp³-hybridized carbons (Fsp3) is 0.364. The van der Waals surface area contributed by atoms with Crippen LogP contribution in [0, 0.1) is 0 Å². The molecule has 0 unspecified atom stereocenters. The molecule has 0 bridgehead atoms. The Morgan fingerprint density at radius 2 is 1.93 bits per heavy atom. The quantitative estimate of drug-likeness (QED) is 0.725. The third kappa shape index (κ3) is 2.34. The van der Waals surface area contributed by atoms with E-state index in [0.29, 0.717) is 11.6 Å². The van der Waals surface area contributed by atoms with Gasteiger partial charge in [0.05, 0.1) is 0 Å². The van der Waals surface area contributed by atoms with Gasteiger partial charge in [-0.2, -0.15) is 0 Å². The first-order chi connectivity index (χ1) is 7.15. The van der Waals surface area contributed by atoms with Crippen molar-refractivity contribution in [3.63, 3.8) is 0 Å². The Morgan fingerprint density at radius 3 is 2.40 bits per heavy atom. The first-order valence-corrected chi connectivity index (χ1v) is 5.02. The molecule has 1 aliphatic heterocycles. The van der Waals surface area contributed by atoms with Gasteiger partial charge in [-0.1, -0.05) is 12.1 Å². The topological polar surface area (TPSA) is 72.4 Å². The maximum absolute atomic E-state index is 10.8. The van der Waals surface area contributed by atoms with Crippen LogP contribution < -0.4 is 11.5 Å². The highest BCUT2D eigenvalue weighted by molar-refractivity contribution is 5.92. The molecule has 0 spiro atoms. The number of benzene rings is 1. The van der Waals surface area contributed by atoms with Crippen molar-refractivity contribution in [1.82, 2.24) is 4.90 Å². The molecule has 1 fully saturated rings. The molecule has 4 heteroatoms. The molecule has 1 aliphatic rings. The lowest BCUT2D eigenvalue weighted by atomic mass is 10.1. The molecule has 1 aromatic rings. The van der Waals surface area contributed by atoms with Crippen LogP contribution >= 0.6 is 0 Å². The zero-order valence-electron chi connectivity index (χ0n) is 8.52. The van der Waals surface area contributed by atoms with Crippen LogP contribution in [0.4, 0.5) is 0 Å². The number of nitrogens with two attached hydrogens (primary N) is 2. The lowest BCUT2D eigenvalue weighted by Crippen LogP contribution is -2.54. The van der Waals surface area contributed by atoms with Crippen molar-refractivity contribution in [1.29, 1.82) is 0 Å². The molecule has 1 aromatic carbocycles. The van der Waals surface area contributed by atoms with Gasteiger partial charge in [0.15, 0.2) is 0 Å². The van der Waals surface area contributed by atoms with E-state index in [-0.39, 0.29) is 5.91 Å². The largest absolute Gasteiger partial charge is 0.366 e. The first-order valence-electron chi connectivity index (χ1n) is 5.02. The van der Waals surface area contributed by atoms with Gasteiger partial charge in [-0.25, -0.2) is 0 Å². The van der Waals surface area contributed by atoms with Gasteiger partial charge >= 0.3 is 0 Å². The van der Waals surface area contributed by atoms with E-state index in [0.717, 1.165) is 19.6 Å². The Morgan fingerprint density at radius 1 is 1.33 bits per heavy atom. The number of carbonyl (C=O) groups excluding carboxylic acids is 1. The van der Waals surface area contributed by atoms with Gasteiger partial charge in [0.2, 0.25) is 5.91 Å². The minimum Gasteiger partial charge on any atom is -0.366 e. The maximum atomic E-state index is 10.8. The molecule has 1 amide bonds. The van der Waals surface area contributed by atoms with E-state index in [1.807, 2.05) is 12.1 Å². The van der Waals surface area contributed by atoms with Crippen LogP contribution in [-0.4, -0.2) is 29.9 Å². The average Bonchev–Trinajstić information content (AvgIpc) is 2.16. The summed E-state index contributed by atoms with van der Waals surface area (Å²) in [6.45, 7) is 2.81. The monoisotopic (exact) mass is 205 g/mol. The summed E-state index contributed by atoms with van der Waals surface area (Å²) in [5.74, 6) is -0.382. The van der Waals surface area contributed by atoms with Crippen molar-refractivity contribution in [3.8, 4) is 0 Å². The standard InChI is InChI=1S/C11H15N3O/c12-10-6-14(7-10)5-8-1-3-9(4-2-8)11(13)15/h1-4,10H,5-7,12H2,(H2,13,15). The van der Waals surface area contributed by atoms with Gasteiger partial charge in [-0.3, -0.25) is 9.69 Å². The van der Waals surface area contributed by atoms with Crippen molar-refractivity contribution < 1.29 is 4.79 Å². The Bertz CT molecular complexity index is 355. The zero-order chi connectivity index (χ0) is 10.8. The third-order valence-corrected chi connectivity index (χ3v) is 2.63. The normalized spacial score (nSPS) is 17.4. The number of nitrogens with zero attached hydrogens (tertiary/aromatic N) is 1. The van der Waals surface area contributed by atoms with Crippen molar-refractivity contribution in [2.24, 2.45) is 11.5 Å². The van der Waals surface area contributed by atoms with Crippen LogP contribution in [-0.2, 0) is 6.54 Å². The van der Waals surface area contributed by atoms with Crippen molar-refractivity contribution in [2.75, 3.05) is 13.1 Å². The van der Waals surface area contributed by atoms with Gasteiger partial charge in [-0.15, -0.1) is 0 Å². The second kappa shape index (κ2) is 4.00. The van der Waals surface area contributed by atoms with E-state index in [4.69, 9.17) is 11.5 Å². The predicted octanol–water partition coefficient (Wildman–Crippen LogP) is -0.0716. The van der Waals surface area contributed by atoms with E-state index in [9.17, 15) is 4.79 Å². The molecule has 80 valence electrons. The second-order valence-corrected chi connectivity index (χ2v) is 4.02. The Labute approximate surface area is 88.9 Å². The highest BCUT2D eigenvalue weighted by Gasteiger charge is 2.22.